The zero-order valence-corrected chi connectivity index (χ0v) is 10.7. The summed E-state index contributed by atoms with van der Waals surface area (Å²) in [6, 6.07) is 9.13. The van der Waals surface area contributed by atoms with Gasteiger partial charge in [0, 0.05) is 0 Å². The van der Waals surface area contributed by atoms with Gasteiger partial charge in [0.05, 0.1) is 6.61 Å². The highest BCUT2D eigenvalue weighted by Crippen LogP contribution is 2.01. The molecule has 102 valence electrons. The first-order valence-corrected chi connectivity index (χ1v) is 6.01. The van der Waals surface area contributed by atoms with Gasteiger partial charge in [-0.25, -0.2) is 9.59 Å². The molecule has 0 atom stereocenters. The molecule has 0 saturated heterocycles. The molecule has 19 heavy (non-hydrogen) atoms. The highest BCUT2D eigenvalue weighted by Gasteiger charge is 2.04. The molecule has 2 amide bonds. The van der Waals surface area contributed by atoms with Gasteiger partial charge in [0.15, 0.2) is 0 Å². The molecule has 0 spiro atoms. The van der Waals surface area contributed by atoms with Crippen LogP contribution in [0.5, 0.6) is 0 Å². The summed E-state index contributed by atoms with van der Waals surface area (Å²) in [4.78, 5) is 22.2. The summed E-state index contributed by atoms with van der Waals surface area (Å²) >= 11 is 0. The van der Waals surface area contributed by atoms with E-state index < -0.39 is 12.2 Å². The molecule has 0 fully saturated rings. The molecule has 0 radical (unpaired) electrons. The summed E-state index contributed by atoms with van der Waals surface area (Å²) in [5, 5.41) is 6.20. The van der Waals surface area contributed by atoms with Crippen LogP contribution < -0.4 is 0 Å². The smallest absolute Gasteiger partial charge is 0.447 e. The first-order chi connectivity index (χ1) is 9.22. The average Bonchev–Trinajstić information content (AvgIpc) is 2.44. The van der Waals surface area contributed by atoms with Crippen LogP contribution in [-0.4, -0.2) is 18.8 Å². The molecule has 0 unspecified atom stereocenters. The molecule has 0 aromatic heterocycles. The molecule has 0 saturated carbocycles. The third-order valence-corrected chi connectivity index (χ3v) is 2.14. The number of hydrogen-bond donors (Lipinski definition) is 0. The Bertz CT molecular complexity index is 432. The van der Waals surface area contributed by atoms with Crippen molar-refractivity contribution in [3.63, 3.8) is 0 Å². The Morgan fingerprint density at radius 2 is 1.68 bits per heavy atom. The Balaban J connectivity index is 2.25. The van der Waals surface area contributed by atoms with Crippen molar-refractivity contribution >= 4 is 12.2 Å². The van der Waals surface area contributed by atoms with Crippen molar-refractivity contribution in [3.05, 3.63) is 35.9 Å². The van der Waals surface area contributed by atoms with Crippen molar-refractivity contribution in [3.8, 4) is 0 Å². The van der Waals surface area contributed by atoms with Crippen LogP contribution in [0, 0.1) is 0 Å². The summed E-state index contributed by atoms with van der Waals surface area (Å²) in [7, 11) is 0. The lowest BCUT2D eigenvalue weighted by molar-refractivity contribution is 0.141. The minimum Gasteiger partial charge on any atom is -0.447 e. The number of amides is 2. The molecule has 0 bridgehead atoms. The molecule has 0 heterocycles. The largest absolute Gasteiger partial charge is 0.452 e. The number of ether oxygens (including phenoxy) is 2. The van der Waals surface area contributed by atoms with Crippen LogP contribution >= 0.6 is 0 Å². The number of azo groups is 1. The fraction of sp³-hybridized carbons (Fsp3) is 0.385. The summed E-state index contributed by atoms with van der Waals surface area (Å²) < 4.78 is 9.49. The molecule has 6 heteroatoms. The van der Waals surface area contributed by atoms with E-state index in [9.17, 15) is 9.59 Å². The maximum atomic E-state index is 11.2. The molecule has 0 aliphatic heterocycles. The molecule has 0 N–H and O–H groups in total. The predicted octanol–water partition coefficient (Wildman–Crippen LogP) is 3.71. The molecule has 1 aromatic rings. The molecular formula is C13H16N2O4. The average molecular weight is 264 g/mol. The van der Waals surface area contributed by atoms with Crippen LogP contribution in [0.15, 0.2) is 40.6 Å². The topological polar surface area (TPSA) is 77.3 Å². The number of carbonyl (C=O) groups excluding carboxylic acids is 2. The van der Waals surface area contributed by atoms with Gasteiger partial charge in [0.1, 0.15) is 6.61 Å². The first-order valence-electron chi connectivity index (χ1n) is 6.01. The Labute approximate surface area is 111 Å². The van der Waals surface area contributed by atoms with Gasteiger partial charge < -0.3 is 9.47 Å². The van der Waals surface area contributed by atoms with E-state index in [0.29, 0.717) is 0 Å². The van der Waals surface area contributed by atoms with Crippen molar-refractivity contribution in [2.24, 2.45) is 10.2 Å². The predicted molar refractivity (Wildman–Crippen MR) is 67.7 cm³/mol. The summed E-state index contributed by atoms with van der Waals surface area (Å²) in [5.41, 5.74) is 0.830. The maximum absolute atomic E-state index is 11.2. The second kappa shape index (κ2) is 8.79. The van der Waals surface area contributed by atoms with Gasteiger partial charge in [-0.05, 0) is 12.0 Å². The summed E-state index contributed by atoms with van der Waals surface area (Å²) in [5.74, 6) is 0. The van der Waals surface area contributed by atoms with Crippen molar-refractivity contribution < 1.29 is 19.1 Å². The summed E-state index contributed by atoms with van der Waals surface area (Å²) in [6.07, 6.45) is -0.148. The molecular weight excluding hydrogens is 248 g/mol. The lowest BCUT2D eigenvalue weighted by Gasteiger charge is -2.00. The van der Waals surface area contributed by atoms with Crippen LogP contribution in [0.4, 0.5) is 9.59 Å². The normalized spacial score (nSPS) is 10.4. The van der Waals surface area contributed by atoms with Crippen LogP contribution in [0.1, 0.15) is 25.3 Å². The lowest BCUT2D eigenvalue weighted by atomic mass is 10.2. The van der Waals surface area contributed by atoms with Gasteiger partial charge in [-0.1, -0.05) is 53.9 Å². The van der Waals surface area contributed by atoms with Crippen LogP contribution in [0.25, 0.3) is 0 Å². The van der Waals surface area contributed by atoms with E-state index >= 15 is 0 Å². The van der Waals surface area contributed by atoms with Gasteiger partial charge in [0.2, 0.25) is 0 Å². The Morgan fingerprint density at radius 3 is 2.32 bits per heavy atom. The van der Waals surface area contributed by atoms with Crippen LogP contribution in [0.3, 0.4) is 0 Å². The quantitative estimate of drug-likeness (QED) is 0.600. The van der Waals surface area contributed by atoms with E-state index in [1.54, 1.807) is 0 Å². The number of hydrogen-bond acceptors (Lipinski definition) is 4. The molecule has 6 nitrogen and oxygen atoms in total. The molecule has 0 aliphatic carbocycles. The Morgan fingerprint density at radius 1 is 1.05 bits per heavy atom. The van der Waals surface area contributed by atoms with Gasteiger partial charge in [0.25, 0.3) is 0 Å². The minimum absolute atomic E-state index is 0.0869. The van der Waals surface area contributed by atoms with Crippen LogP contribution in [-0.2, 0) is 16.1 Å². The SMILES string of the molecule is CCCCOC(=O)/N=N/C(=O)OCc1ccccc1. The zero-order chi connectivity index (χ0) is 13.9. The second-order valence-electron chi connectivity index (χ2n) is 3.71. The Kier molecular flexibility index (Phi) is 6.86. The monoisotopic (exact) mass is 264 g/mol. The third-order valence-electron chi connectivity index (χ3n) is 2.14. The van der Waals surface area contributed by atoms with Gasteiger partial charge in [-0.3, -0.25) is 0 Å². The van der Waals surface area contributed by atoms with Crippen molar-refractivity contribution in [2.45, 2.75) is 26.4 Å². The van der Waals surface area contributed by atoms with Gasteiger partial charge in [-0.2, -0.15) is 0 Å². The highest BCUT2D eigenvalue weighted by molar-refractivity contribution is 5.73. The fourth-order valence-electron chi connectivity index (χ4n) is 1.16. The number of benzene rings is 1. The number of rotatable bonds is 5. The number of nitrogens with zero attached hydrogens (tertiary/aromatic N) is 2. The fourth-order valence-corrected chi connectivity index (χ4v) is 1.16. The minimum atomic E-state index is -0.920. The van der Waals surface area contributed by atoms with E-state index in [2.05, 4.69) is 15.0 Å². The van der Waals surface area contributed by atoms with E-state index in [-0.39, 0.29) is 13.2 Å². The lowest BCUT2D eigenvalue weighted by Crippen LogP contribution is -2.02. The Hall–Kier alpha value is -2.24. The van der Waals surface area contributed by atoms with Crippen LogP contribution in [0.2, 0.25) is 0 Å². The molecule has 1 aromatic carbocycles. The van der Waals surface area contributed by atoms with Gasteiger partial charge in [-0.15, -0.1) is 0 Å². The van der Waals surface area contributed by atoms with Crippen molar-refractivity contribution in [1.29, 1.82) is 0 Å². The van der Waals surface area contributed by atoms with Crippen molar-refractivity contribution in [1.82, 2.24) is 0 Å². The standard InChI is InChI=1S/C13H16N2O4/c1-2-3-9-18-12(16)14-15-13(17)19-10-11-7-5-4-6-8-11/h4-8H,2-3,9-10H2,1H3/b15-14+. The maximum Gasteiger partial charge on any atom is 0.452 e. The van der Waals surface area contributed by atoms with Gasteiger partial charge >= 0.3 is 12.2 Å². The van der Waals surface area contributed by atoms with E-state index in [4.69, 9.17) is 4.74 Å². The van der Waals surface area contributed by atoms with E-state index in [1.807, 2.05) is 37.3 Å². The first kappa shape index (κ1) is 14.8. The highest BCUT2D eigenvalue weighted by atomic mass is 16.6. The number of unbranched alkanes of at least 4 members (excludes halogenated alkanes) is 1. The summed E-state index contributed by atoms with van der Waals surface area (Å²) in [6.45, 7) is 2.33. The van der Waals surface area contributed by atoms with E-state index in [1.165, 1.54) is 0 Å². The molecule has 1 rings (SSSR count). The zero-order valence-electron chi connectivity index (χ0n) is 10.7. The van der Waals surface area contributed by atoms with E-state index in [0.717, 1.165) is 18.4 Å². The number of carbonyl (C=O) groups is 2. The van der Waals surface area contributed by atoms with Crippen molar-refractivity contribution in [2.75, 3.05) is 6.61 Å². The third kappa shape index (κ3) is 6.92. The second-order valence-corrected chi connectivity index (χ2v) is 3.71. The molecule has 0 aliphatic rings.